The zero-order valence-electron chi connectivity index (χ0n) is 27.5. The van der Waals surface area contributed by atoms with Gasteiger partial charge >= 0.3 is 0 Å². The van der Waals surface area contributed by atoms with Crippen LogP contribution in [-0.4, -0.2) is 89.3 Å². The highest BCUT2D eigenvalue weighted by Gasteiger charge is 2.33. The molecule has 9 heteroatoms. The fourth-order valence-electron chi connectivity index (χ4n) is 7.61. The van der Waals surface area contributed by atoms with Crippen LogP contribution in [0, 0.1) is 18.3 Å². The van der Waals surface area contributed by atoms with Crippen LogP contribution in [-0.2, 0) is 24.3 Å². The van der Waals surface area contributed by atoms with Gasteiger partial charge in [-0.15, -0.1) is 0 Å². The highest BCUT2D eigenvalue weighted by molar-refractivity contribution is 5.97. The second-order valence-electron chi connectivity index (χ2n) is 13.6. The molecule has 3 aromatic rings. The highest BCUT2D eigenvalue weighted by Crippen LogP contribution is 2.36. The number of aromatic nitrogens is 1. The summed E-state index contributed by atoms with van der Waals surface area (Å²) in [5.41, 5.74) is 6.44. The molecule has 0 saturated carbocycles. The van der Waals surface area contributed by atoms with Gasteiger partial charge in [0.2, 0.25) is 5.91 Å². The van der Waals surface area contributed by atoms with E-state index in [4.69, 9.17) is 4.98 Å². The van der Waals surface area contributed by atoms with Gasteiger partial charge in [0.25, 0.3) is 0 Å². The number of rotatable bonds is 9. The van der Waals surface area contributed by atoms with Gasteiger partial charge in [-0.05, 0) is 62.8 Å². The van der Waals surface area contributed by atoms with Crippen molar-refractivity contribution in [1.82, 2.24) is 20.1 Å². The van der Waals surface area contributed by atoms with E-state index in [-0.39, 0.29) is 24.4 Å². The second-order valence-corrected chi connectivity index (χ2v) is 13.6. The summed E-state index contributed by atoms with van der Waals surface area (Å²) in [6, 6.07) is 17.6. The molecule has 2 fully saturated rings. The first kappa shape index (κ1) is 32.0. The van der Waals surface area contributed by atoms with Crippen molar-refractivity contribution in [2.75, 3.05) is 55.6 Å². The molecule has 0 radical (unpaired) electrons. The molecule has 46 heavy (non-hydrogen) atoms. The van der Waals surface area contributed by atoms with Gasteiger partial charge in [0.05, 0.1) is 42.1 Å². The molecule has 3 aliphatic heterocycles. The number of hydrogen-bond donors (Lipinski definition) is 2. The molecule has 2 unspecified atom stereocenters. The average molecular weight is 622 g/mol. The summed E-state index contributed by atoms with van der Waals surface area (Å²) in [4.78, 5) is 26.8. The maximum absolute atomic E-state index is 12.6. The lowest BCUT2D eigenvalue weighted by Crippen LogP contribution is -2.55. The minimum Gasteiger partial charge on any atom is -0.389 e. The van der Waals surface area contributed by atoms with E-state index >= 15 is 0 Å². The molecule has 3 atom stereocenters. The minimum absolute atomic E-state index is 0.115. The van der Waals surface area contributed by atoms with Crippen LogP contribution in [0.2, 0.25) is 0 Å². The molecular weight excluding hydrogens is 574 g/mol. The second kappa shape index (κ2) is 13.4. The van der Waals surface area contributed by atoms with Gasteiger partial charge in [0.15, 0.2) is 0 Å². The van der Waals surface area contributed by atoms with Gasteiger partial charge in [-0.25, -0.2) is 0 Å². The fourth-order valence-corrected chi connectivity index (χ4v) is 7.61. The number of carbonyl (C=O) groups excluding carboxylic acids is 1. The summed E-state index contributed by atoms with van der Waals surface area (Å²) in [6.45, 7) is 16.6. The number of amides is 1. The van der Waals surface area contributed by atoms with Crippen molar-refractivity contribution in [3.05, 3.63) is 77.6 Å². The third-order valence-electron chi connectivity index (χ3n) is 9.95. The maximum Gasteiger partial charge on any atom is 0.246 e. The first-order valence-electron chi connectivity index (χ1n) is 16.6. The number of β-amino-alcohol motifs (C(OH)–C–C–N with tert-alkyl or cyclic N) is 1. The summed E-state index contributed by atoms with van der Waals surface area (Å²) in [5, 5.41) is 26.3. The van der Waals surface area contributed by atoms with Crippen molar-refractivity contribution in [1.29, 1.82) is 5.26 Å². The molecule has 9 nitrogen and oxygen atoms in total. The monoisotopic (exact) mass is 621 g/mol. The van der Waals surface area contributed by atoms with Crippen molar-refractivity contribution < 1.29 is 9.90 Å². The molecule has 6 rings (SSSR count). The van der Waals surface area contributed by atoms with E-state index in [0.717, 1.165) is 50.4 Å². The molecule has 1 aromatic heterocycles. The third kappa shape index (κ3) is 6.75. The lowest BCUT2D eigenvalue weighted by molar-refractivity contribution is -0.128. The molecule has 2 aromatic carbocycles. The van der Waals surface area contributed by atoms with Crippen LogP contribution in [0.4, 0.5) is 11.4 Å². The molecule has 0 aliphatic carbocycles. The van der Waals surface area contributed by atoms with E-state index in [9.17, 15) is 15.2 Å². The Kier molecular flexibility index (Phi) is 9.32. The topological polar surface area (TPSA) is 99.0 Å². The number of aryl methyl sites for hydroxylation is 1. The van der Waals surface area contributed by atoms with Crippen LogP contribution in [0.25, 0.3) is 10.8 Å². The Hall–Kier alpha value is -3.97. The Morgan fingerprint density at radius 2 is 2.00 bits per heavy atom. The number of piperazine rings is 1. The Morgan fingerprint density at radius 3 is 2.74 bits per heavy atom. The molecule has 2 N–H and O–H groups in total. The maximum atomic E-state index is 12.6. The smallest absolute Gasteiger partial charge is 0.246 e. The number of carbonyl (C=O) groups is 1. The quantitative estimate of drug-likeness (QED) is 0.344. The van der Waals surface area contributed by atoms with Gasteiger partial charge in [-0.1, -0.05) is 36.9 Å². The Bertz CT molecular complexity index is 1640. The predicted molar refractivity (Wildman–Crippen MR) is 184 cm³/mol. The SMILES string of the molecule is C=CC(=O)N1CCN(c2cc(CNC(C)CN3CCC(C)(O)C3)nc3c2CCN(c2cccc4cccc(C)c24)C3)C[C@@H]1CC#N. The molecule has 242 valence electrons. The van der Waals surface area contributed by atoms with E-state index in [1.807, 2.05) is 6.92 Å². The first-order valence-corrected chi connectivity index (χ1v) is 16.6. The van der Waals surface area contributed by atoms with E-state index in [0.29, 0.717) is 32.7 Å². The number of likely N-dealkylation sites (tertiary alicyclic amines) is 1. The Labute approximate surface area is 273 Å². The highest BCUT2D eigenvalue weighted by atomic mass is 16.3. The molecule has 1 amide bonds. The number of nitrogens with one attached hydrogen (secondary N) is 1. The third-order valence-corrected chi connectivity index (χ3v) is 9.95. The molecule has 0 bridgehead atoms. The number of fused-ring (bicyclic) bond motifs is 2. The predicted octanol–water partition coefficient (Wildman–Crippen LogP) is 4.16. The van der Waals surface area contributed by atoms with E-state index in [1.165, 1.54) is 39.4 Å². The van der Waals surface area contributed by atoms with Gasteiger partial charge in [-0.2, -0.15) is 5.26 Å². The Morgan fingerprint density at radius 1 is 1.20 bits per heavy atom. The number of hydrogen-bond acceptors (Lipinski definition) is 8. The van der Waals surface area contributed by atoms with Crippen LogP contribution in [0.1, 0.15) is 49.2 Å². The van der Waals surface area contributed by atoms with Crippen LogP contribution in [0.5, 0.6) is 0 Å². The summed E-state index contributed by atoms with van der Waals surface area (Å²) < 4.78 is 0. The van der Waals surface area contributed by atoms with Gasteiger partial charge in [-0.3, -0.25) is 14.7 Å². The zero-order valence-corrected chi connectivity index (χ0v) is 27.5. The number of pyridine rings is 1. The number of anilines is 2. The summed E-state index contributed by atoms with van der Waals surface area (Å²) in [5.74, 6) is -0.115. The standard InChI is InChI=1S/C37H47N7O2/c1-5-35(45)44-19-18-43(23-30(44)12-15-38)34-20-29(21-39-27(3)22-41-17-14-37(4,46)25-41)40-32-24-42(16-13-31(32)34)33-11-7-10-28-9-6-8-26(2)36(28)33/h5-11,20,27,30,39,46H,1,12-14,16-19,21-25H2,2-4H3/t27?,30-,37?/m0/s1. The molecule has 3 aliphatic rings. The molecule has 2 saturated heterocycles. The van der Waals surface area contributed by atoms with Crippen molar-refractivity contribution in [3.63, 3.8) is 0 Å². The first-order chi connectivity index (χ1) is 22.2. The van der Waals surface area contributed by atoms with Crippen LogP contribution >= 0.6 is 0 Å². The summed E-state index contributed by atoms with van der Waals surface area (Å²) >= 11 is 0. The van der Waals surface area contributed by atoms with E-state index in [2.05, 4.69) is 89.0 Å². The number of nitrogens with zero attached hydrogens (tertiary/aromatic N) is 6. The van der Waals surface area contributed by atoms with Crippen molar-refractivity contribution in [2.24, 2.45) is 0 Å². The lowest BCUT2D eigenvalue weighted by Gasteiger charge is -2.43. The number of benzene rings is 2. The number of aliphatic hydroxyl groups is 1. The van der Waals surface area contributed by atoms with Crippen molar-refractivity contribution in [3.8, 4) is 6.07 Å². The van der Waals surface area contributed by atoms with Crippen molar-refractivity contribution in [2.45, 2.75) is 70.8 Å². The fraction of sp³-hybridized carbons (Fsp3) is 0.486. The summed E-state index contributed by atoms with van der Waals surface area (Å²) in [7, 11) is 0. The van der Waals surface area contributed by atoms with Gasteiger partial charge in [0.1, 0.15) is 0 Å². The molecule has 0 spiro atoms. The summed E-state index contributed by atoms with van der Waals surface area (Å²) in [6.07, 6.45) is 3.31. The van der Waals surface area contributed by atoms with E-state index < -0.39 is 5.60 Å². The van der Waals surface area contributed by atoms with E-state index in [1.54, 1.807) is 4.90 Å². The van der Waals surface area contributed by atoms with Crippen LogP contribution in [0.3, 0.4) is 0 Å². The molecule has 4 heterocycles. The Balaban J connectivity index is 1.29. The largest absolute Gasteiger partial charge is 0.389 e. The molecular formula is C37H47N7O2. The van der Waals surface area contributed by atoms with Crippen molar-refractivity contribution >= 4 is 28.1 Å². The van der Waals surface area contributed by atoms with Crippen LogP contribution < -0.4 is 15.1 Å². The van der Waals surface area contributed by atoms with Crippen LogP contribution in [0.15, 0.2) is 55.1 Å². The average Bonchev–Trinajstić information content (AvgIpc) is 3.40. The zero-order chi connectivity index (χ0) is 32.4. The van der Waals surface area contributed by atoms with Gasteiger partial charge < -0.3 is 25.1 Å². The number of nitriles is 1. The lowest BCUT2D eigenvalue weighted by atomic mass is 9.97. The van der Waals surface area contributed by atoms with Gasteiger partial charge in [0, 0.05) is 80.7 Å². The minimum atomic E-state index is -0.604. The normalized spacial score (nSPS) is 22.5.